The highest BCUT2D eigenvalue weighted by atomic mass is 15.1. The molecule has 360 valence electrons. The van der Waals surface area contributed by atoms with Crippen LogP contribution >= 0.6 is 0 Å². The smallest absolute Gasteiger partial charge is 0.0755 e. The first-order valence-corrected chi connectivity index (χ1v) is 27.3. The van der Waals surface area contributed by atoms with Gasteiger partial charge in [-0.05, 0) is 147 Å². The number of anilines is 3. The second-order valence-electron chi connectivity index (χ2n) is 21.8. The molecule has 0 N–H and O–H groups in total. The summed E-state index contributed by atoms with van der Waals surface area (Å²) in [5, 5.41) is 7.60. The minimum absolute atomic E-state index is 0.542. The summed E-state index contributed by atoms with van der Waals surface area (Å²) in [6, 6.07) is 106. The van der Waals surface area contributed by atoms with E-state index in [1.807, 2.05) is 0 Å². The molecule has 1 aliphatic heterocycles. The zero-order valence-corrected chi connectivity index (χ0v) is 42.5. The molecule has 4 aliphatic rings. The van der Waals surface area contributed by atoms with E-state index in [1.54, 1.807) is 0 Å². The Morgan fingerprint density at radius 2 is 0.795 bits per heavy atom. The molecule has 2 heteroatoms. The average molecular weight is 987 g/mol. The van der Waals surface area contributed by atoms with Crippen molar-refractivity contribution in [2.24, 2.45) is 0 Å². The van der Waals surface area contributed by atoms with Crippen molar-refractivity contribution in [1.29, 1.82) is 0 Å². The number of rotatable bonds is 4. The highest BCUT2D eigenvalue weighted by Gasteiger charge is 2.54. The summed E-state index contributed by atoms with van der Waals surface area (Å²) in [5.41, 5.74) is 26.6. The van der Waals surface area contributed by atoms with Gasteiger partial charge in [0.05, 0.1) is 33.2 Å². The number of hydrogen-bond acceptors (Lipinski definition) is 1. The summed E-state index contributed by atoms with van der Waals surface area (Å²) >= 11 is 0. The second kappa shape index (κ2) is 15.3. The summed E-state index contributed by atoms with van der Waals surface area (Å²) in [6.07, 6.45) is 0. The van der Waals surface area contributed by atoms with Crippen LogP contribution in [0.25, 0.3) is 93.5 Å². The Labute approximate surface area is 452 Å². The lowest BCUT2D eigenvalue weighted by Gasteiger charge is -2.39. The van der Waals surface area contributed by atoms with Crippen molar-refractivity contribution in [3.05, 3.63) is 324 Å². The van der Waals surface area contributed by atoms with Crippen LogP contribution in [0.4, 0.5) is 17.1 Å². The van der Waals surface area contributed by atoms with Gasteiger partial charge in [0.25, 0.3) is 0 Å². The SMILES string of the molecule is c1ccc2c(c1)-c1c(N(c3ccc(-c4cccc5ccccc45)cc3)c3ccc4c(c3)[C@@]3(c5ccccc5-4)c4ccccc4-c4c3ccc3ccccc43)cccc1C21c2ccccc2-n2c3ccccc3c3cccc1c32. The molecule has 1 aromatic heterocycles. The number of hydrogen-bond donors (Lipinski definition) is 0. The summed E-state index contributed by atoms with van der Waals surface area (Å²) in [5.74, 6) is 0. The lowest BCUT2D eigenvalue weighted by molar-refractivity contribution is 0.748. The van der Waals surface area contributed by atoms with Crippen LogP contribution in [0.15, 0.2) is 279 Å². The Balaban J connectivity index is 0.929. The Hall–Kier alpha value is -10.0. The van der Waals surface area contributed by atoms with E-state index in [-0.39, 0.29) is 0 Å². The van der Waals surface area contributed by atoms with Gasteiger partial charge in [-0.2, -0.15) is 0 Å². The molecule has 0 fully saturated rings. The van der Waals surface area contributed by atoms with Crippen LogP contribution in [0.2, 0.25) is 0 Å². The van der Waals surface area contributed by atoms with E-state index >= 15 is 0 Å². The van der Waals surface area contributed by atoms with Gasteiger partial charge in [-0.3, -0.25) is 0 Å². The fraction of sp³-hybridized carbons (Fsp3) is 0.0263. The van der Waals surface area contributed by atoms with Crippen molar-refractivity contribution < 1.29 is 0 Å². The van der Waals surface area contributed by atoms with E-state index in [1.165, 1.54) is 138 Å². The van der Waals surface area contributed by atoms with E-state index in [0.717, 1.165) is 17.1 Å². The van der Waals surface area contributed by atoms with Crippen molar-refractivity contribution in [3.63, 3.8) is 0 Å². The predicted octanol–water partition coefficient (Wildman–Crippen LogP) is 19.2. The maximum Gasteiger partial charge on any atom is 0.0755 e. The molecule has 1 unspecified atom stereocenters. The first kappa shape index (κ1) is 42.2. The van der Waals surface area contributed by atoms with Crippen LogP contribution in [0.3, 0.4) is 0 Å². The summed E-state index contributed by atoms with van der Waals surface area (Å²) in [7, 11) is 0. The average Bonchev–Trinajstić information content (AvgIpc) is 2.91. The van der Waals surface area contributed by atoms with Gasteiger partial charge < -0.3 is 9.47 Å². The largest absolute Gasteiger partial charge is 0.310 e. The van der Waals surface area contributed by atoms with Crippen LogP contribution in [0.5, 0.6) is 0 Å². The normalized spacial score (nSPS) is 16.6. The van der Waals surface area contributed by atoms with Crippen molar-refractivity contribution in [1.82, 2.24) is 4.57 Å². The Bertz CT molecular complexity index is 4930. The second-order valence-corrected chi connectivity index (χ2v) is 21.8. The molecule has 0 bridgehead atoms. The molecule has 78 heavy (non-hydrogen) atoms. The molecule has 0 saturated carbocycles. The highest BCUT2D eigenvalue weighted by Crippen LogP contribution is 2.66. The lowest BCUT2D eigenvalue weighted by Crippen LogP contribution is -2.33. The number of para-hydroxylation sites is 3. The van der Waals surface area contributed by atoms with Gasteiger partial charge in [0, 0.05) is 27.7 Å². The molecular weight excluding hydrogens is 941 g/mol. The number of nitrogens with zero attached hydrogens (tertiary/aromatic N) is 2. The van der Waals surface area contributed by atoms with E-state index in [4.69, 9.17) is 0 Å². The Kier molecular flexibility index (Phi) is 8.29. The van der Waals surface area contributed by atoms with E-state index in [9.17, 15) is 0 Å². The molecule has 2 heterocycles. The predicted molar refractivity (Wildman–Crippen MR) is 323 cm³/mol. The zero-order chi connectivity index (χ0) is 50.8. The third-order valence-electron chi connectivity index (χ3n) is 18.4. The lowest BCUT2D eigenvalue weighted by atomic mass is 9.65. The molecule has 2 atom stereocenters. The fourth-order valence-corrected chi connectivity index (χ4v) is 15.5. The topological polar surface area (TPSA) is 8.17 Å². The fourth-order valence-electron chi connectivity index (χ4n) is 15.5. The van der Waals surface area contributed by atoms with Gasteiger partial charge in [0.1, 0.15) is 0 Å². The molecular formula is C76H46N2. The third kappa shape index (κ3) is 5.13. The molecule has 18 rings (SSSR count). The van der Waals surface area contributed by atoms with Gasteiger partial charge in [0.2, 0.25) is 0 Å². The van der Waals surface area contributed by atoms with Gasteiger partial charge in [-0.25, -0.2) is 0 Å². The molecule has 3 aliphatic carbocycles. The van der Waals surface area contributed by atoms with Gasteiger partial charge in [0.15, 0.2) is 0 Å². The third-order valence-corrected chi connectivity index (χ3v) is 18.4. The molecule has 2 spiro atoms. The summed E-state index contributed by atoms with van der Waals surface area (Å²) in [4.78, 5) is 2.58. The zero-order valence-electron chi connectivity index (χ0n) is 42.5. The summed E-state index contributed by atoms with van der Waals surface area (Å²) in [6.45, 7) is 0. The minimum Gasteiger partial charge on any atom is -0.310 e. The van der Waals surface area contributed by atoms with Crippen LogP contribution < -0.4 is 4.90 Å². The van der Waals surface area contributed by atoms with Crippen molar-refractivity contribution in [2.45, 2.75) is 10.8 Å². The minimum atomic E-state index is -0.601. The molecule has 2 nitrogen and oxygen atoms in total. The van der Waals surface area contributed by atoms with E-state index in [2.05, 4.69) is 289 Å². The van der Waals surface area contributed by atoms with Crippen LogP contribution in [0.1, 0.15) is 44.5 Å². The molecule has 0 radical (unpaired) electrons. The highest BCUT2D eigenvalue weighted by molar-refractivity contribution is 6.14. The van der Waals surface area contributed by atoms with Crippen LogP contribution in [0, 0.1) is 0 Å². The first-order valence-electron chi connectivity index (χ1n) is 27.3. The number of fused-ring (bicyclic) bond motifs is 25. The Morgan fingerprint density at radius 3 is 1.60 bits per heavy atom. The van der Waals surface area contributed by atoms with Crippen molar-refractivity contribution in [3.8, 4) is 50.2 Å². The monoisotopic (exact) mass is 986 g/mol. The molecule has 0 saturated heterocycles. The van der Waals surface area contributed by atoms with Crippen molar-refractivity contribution in [2.75, 3.05) is 4.90 Å². The molecule has 14 aromatic rings. The number of aromatic nitrogens is 1. The van der Waals surface area contributed by atoms with Crippen LogP contribution in [-0.4, -0.2) is 4.57 Å². The first-order chi connectivity index (χ1) is 38.7. The van der Waals surface area contributed by atoms with E-state index < -0.39 is 10.8 Å². The standard InChI is InChI=1S/C76H46N2/c1-3-21-52-47(18-1)20-15-27-53(52)49-38-41-50(42-39-49)77(51-43-44-56-55-23-5-9-29-61(55)75(68(56)46-51)62-30-10-6-25-59(62)72-54-22-4-2-19-48(54)40-45-66(72)75)71-37-17-33-65-73(71)60-26-7-11-31-63(60)76(65)64-32-12-14-36-70(64)78-69-35-13-8-24-57(69)58-28-16-34-67(76)74(58)78/h1-46H/t75-,76?/m0/s1. The maximum atomic E-state index is 2.58. The van der Waals surface area contributed by atoms with Crippen molar-refractivity contribution >= 4 is 60.4 Å². The van der Waals surface area contributed by atoms with E-state index in [0.29, 0.717) is 0 Å². The van der Waals surface area contributed by atoms with Crippen LogP contribution in [-0.2, 0) is 10.8 Å². The van der Waals surface area contributed by atoms with Gasteiger partial charge in [-0.1, -0.05) is 237 Å². The number of benzene rings is 13. The maximum absolute atomic E-state index is 2.58. The van der Waals surface area contributed by atoms with Gasteiger partial charge in [-0.15, -0.1) is 0 Å². The quantitative estimate of drug-likeness (QED) is 0.171. The Morgan fingerprint density at radius 1 is 0.282 bits per heavy atom. The molecule has 13 aromatic carbocycles. The van der Waals surface area contributed by atoms with Gasteiger partial charge >= 0.3 is 0 Å². The summed E-state index contributed by atoms with van der Waals surface area (Å²) < 4.78 is 2.54. The molecule has 0 amide bonds.